The van der Waals surface area contributed by atoms with Gasteiger partial charge in [-0.3, -0.25) is 4.99 Å². The molecule has 0 aliphatic carbocycles. The van der Waals surface area contributed by atoms with Crippen molar-refractivity contribution in [2.75, 3.05) is 7.11 Å². The topological polar surface area (TPSA) is 33.6 Å². The van der Waals surface area contributed by atoms with Gasteiger partial charge in [0.2, 0.25) is 0 Å². The van der Waals surface area contributed by atoms with E-state index in [4.69, 9.17) is 4.74 Å². The van der Waals surface area contributed by atoms with Crippen LogP contribution >= 0.6 is 11.8 Å². The van der Waals surface area contributed by atoms with E-state index in [1.165, 1.54) is 6.42 Å². The van der Waals surface area contributed by atoms with Crippen molar-refractivity contribution < 1.29 is 4.74 Å². The molecule has 0 amide bonds. The van der Waals surface area contributed by atoms with Crippen LogP contribution in [0, 0.1) is 0 Å². The van der Waals surface area contributed by atoms with Crippen LogP contribution in [0.2, 0.25) is 0 Å². The van der Waals surface area contributed by atoms with Crippen LogP contribution in [0.1, 0.15) is 25.8 Å². The number of rotatable bonds is 3. The Hall–Kier alpha value is -1.16. The predicted molar refractivity (Wildman–Crippen MR) is 78.4 cm³/mol. The Morgan fingerprint density at radius 3 is 2.89 bits per heavy atom. The third kappa shape index (κ3) is 3.42. The summed E-state index contributed by atoms with van der Waals surface area (Å²) in [5, 5.41) is 5.11. The molecule has 1 heterocycles. The van der Waals surface area contributed by atoms with Gasteiger partial charge in [-0.1, -0.05) is 36.9 Å². The van der Waals surface area contributed by atoms with Gasteiger partial charge in [0.05, 0.1) is 13.7 Å². The SMILES string of the molecule is COc1ccccc1CN=C1NC(C)CC(C)S1. The van der Waals surface area contributed by atoms with E-state index >= 15 is 0 Å². The summed E-state index contributed by atoms with van der Waals surface area (Å²) in [5.41, 5.74) is 1.13. The van der Waals surface area contributed by atoms with Crippen molar-refractivity contribution in [1.82, 2.24) is 5.32 Å². The normalized spacial score (nSPS) is 25.8. The van der Waals surface area contributed by atoms with Crippen LogP contribution in [0.4, 0.5) is 0 Å². The lowest BCUT2D eigenvalue weighted by atomic mass is 10.2. The van der Waals surface area contributed by atoms with Crippen LogP contribution in [-0.4, -0.2) is 23.6 Å². The first kappa shape index (κ1) is 13.3. The van der Waals surface area contributed by atoms with E-state index in [1.54, 1.807) is 7.11 Å². The molecule has 1 aromatic rings. The minimum absolute atomic E-state index is 0.512. The first-order valence-electron chi connectivity index (χ1n) is 6.28. The van der Waals surface area contributed by atoms with Crippen LogP contribution in [0.3, 0.4) is 0 Å². The molecule has 0 bridgehead atoms. The van der Waals surface area contributed by atoms with E-state index < -0.39 is 0 Å². The van der Waals surface area contributed by atoms with Gasteiger partial charge in [0.1, 0.15) is 5.75 Å². The zero-order chi connectivity index (χ0) is 13.0. The second-order valence-corrected chi connectivity index (χ2v) is 6.07. The molecule has 1 N–H and O–H groups in total. The molecular weight excluding hydrogens is 244 g/mol. The number of nitrogens with one attached hydrogen (secondary N) is 1. The maximum atomic E-state index is 5.33. The smallest absolute Gasteiger partial charge is 0.157 e. The van der Waals surface area contributed by atoms with Crippen LogP contribution < -0.4 is 10.1 Å². The van der Waals surface area contributed by atoms with Gasteiger partial charge in [-0.05, 0) is 19.4 Å². The van der Waals surface area contributed by atoms with E-state index in [1.807, 2.05) is 30.0 Å². The Morgan fingerprint density at radius 1 is 1.39 bits per heavy atom. The summed E-state index contributed by atoms with van der Waals surface area (Å²) in [5.74, 6) is 0.906. The molecule has 2 rings (SSSR count). The molecule has 0 radical (unpaired) electrons. The quantitative estimate of drug-likeness (QED) is 0.911. The zero-order valence-corrected chi connectivity index (χ0v) is 12.0. The number of amidine groups is 1. The third-order valence-electron chi connectivity index (χ3n) is 2.95. The van der Waals surface area contributed by atoms with Gasteiger partial charge in [0.25, 0.3) is 0 Å². The van der Waals surface area contributed by atoms with E-state index in [2.05, 4.69) is 30.2 Å². The lowest BCUT2D eigenvalue weighted by Crippen LogP contribution is -2.38. The maximum absolute atomic E-state index is 5.33. The van der Waals surface area contributed by atoms with Gasteiger partial charge in [0.15, 0.2) is 5.17 Å². The Kier molecular flexibility index (Phi) is 4.53. The number of methoxy groups -OCH3 is 1. The molecule has 0 saturated carbocycles. The molecule has 1 aliphatic rings. The number of hydrogen-bond donors (Lipinski definition) is 1. The second-order valence-electron chi connectivity index (χ2n) is 4.64. The maximum Gasteiger partial charge on any atom is 0.157 e. The van der Waals surface area contributed by atoms with Crippen molar-refractivity contribution in [3.63, 3.8) is 0 Å². The minimum Gasteiger partial charge on any atom is -0.496 e. The predicted octanol–water partition coefficient (Wildman–Crippen LogP) is 3.05. The summed E-state index contributed by atoms with van der Waals surface area (Å²) >= 11 is 1.82. The lowest BCUT2D eigenvalue weighted by molar-refractivity contribution is 0.410. The zero-order valence-electron chi connectivity index (χ0n) is 11.1. The largest absolute Gasteiger partial charge is 0.496 e. The molecule has 1 aromatic carbocycles. The molecule has 1 saturated heterocycles. The summed E-state index contributed by atoms with van der Waals surface area (Å²) < 4.78 is 5.33. The molecule has 1 fully saturated rings. The van der Waals surface area contributed by atoms with Gasteiger partial charge in [-0.2, -0.15) is 0 Å². The van der Waals surface area contributed by atoms with Gasteiger partial charge >= 0.3 is 0 Å². The lowest BCUT2D eigenvalue weighted by Gasteiger charge is -2.26. The minimum atomic E-state index is 0.512. The number of ether oxygens (including phenoxy) is 1. The number of benzene rings is 1. The third-order valence-corrected chi connectivity index (χ3v) is 4.02. The van der Waals surface area contributed by atoms with E-state index in [0.29, 0.717) is 17.8 Å². The fourth-order valence-corrected chi connectivity index (χ4v) is 3.29. The molecule has 4 heteroatoms. The van der Waals surface area contributed by atoms with Crippen molar-refractivity contribution in [2.45, 2.75) is 38.1 Å². The van der Waals surface area contributed by atoms with Gasteiger partial charge in [-0.15, -0.1) is 0 Å². The average molecular weight is 264 g/mol. The number of nitrogens with zero attached hydrogens (tertiary/aromatic N) is 1. The highest BCUT2D eigenvalue weighted by molar-refractivity contribution is 8.14. The molecule has 3 nitrogen and oxygen atoms in total. The summed E-state index contributed by atoms with van der Waals surface area (Å²) in [6, 6.07) is 8.54. The van der Waals surface area contributed by atoms with Crippen molar-refractivity contribution in [2.24, 2.45) is 4.99 Å². The van der Waals surface area contributed by atoms with Crippen molar-refractivity contribution in [3.8, 4) is 5.75 Å². The Morgan fingerprint density at radius 2 is 2.17 bits per heavy atom. The van der Waals surface area contributed by atoms with E-state index in [0.717, 1.165) is 16.5 Å². The summed E-state index contributed by atoms with van der Waals surface area (Å²) in [6.07, 6.45) is 1.19. The molecule has 0 aromatic heterocycles. The monoisotopic (exact) mass is 264 g/mol. The number of hydrogen-bond acceptors (Lipinski definition) is 3. The average Bonchev–Trinajstić information content (AvgIpc) is 2.35. The van der Waals surface area contributed by atoms with E-state index in [9.17, 15) is 0 Å². The Balaban J connectivity index is 2.05. The van der Waals surface area contributed by atoms with Crippen LogP contribution in [0.15, 0.2) is 29.3 Å². The Bertz CT molecular complexity index is 422. The van der Waals surface area contributed by atoms with E-state index in [-0.39, 0.29) is 0 Å². The summed E-state index contributed by atoms with van der Waals surface area (Å²) in [7, 11) is 1.70. The fraction of sp³-hybridized carbons (Fsp3) is 0.500. The first-order valence-corrected chi connectivity index (χ1v) is 7.16. The van der Waals surface area contributed by atoms with Crippen LogP contribution in [0.5, 0.6) is 5.75 Å². The Labute approximate surface area is 113 Å². The molecule has 18 heavy (non-hydrogen) atoms. The van der Waals surface area contributed by atoms with Crippen molar-refractivity contribution in [1.29, 1.82) is 0 Å². The standard InChI is InChI=1S/C14H20N2OS/c1-10-8-11(2)18-14(16-10)15-9-12-6-4-5-7-13(12)17-3/h4-7,10-11H,8-9H2,1-3H3,(H,15,16). The number of aliphatic imine (C=N–C) groups is 1. The summed E-state index contributed by atoms with van der Waals surface area (Å²) in [6.45, 7) is 5.12. The highest BCUT2D eigenvalue weighted by Crippen LogP contribution is 2.24. The van der Waals surface area contributed by atoms with Gasteiger partial charge < -0.3 is 10.1 Å². The molecule has 1 aliphatic heterocycles. The van der Waals surface area contributed by atoms with Gasteiger partial charge in [-0.25, -0.2) is 0 Å². The van der Waals surface area contributed by atoms with Crippen LogP contribution in [-0.2, 0) is 6.54 Å². The summed E-state index contributed by atoms with van der Waals surface area (Å²) in [4.78, 5) is 4.65. The van der Waals surface area contributed by atoms with Crippen molar-refractivity contribution in [3.05, 3.63) is 29.8 Å². The molecule has 0 spiro atoms. The molecular formula is C14H20N2OS. The van der Waals surface area contributed by atoms with Crippen molar-refractivity contribution >= 4 is 16.9 Å². The second kappa shape index (κ2) is 6.14. The molecule has 2 unspecified atom stereocenters. The highest BCUT2D eigenvalue weighted by Gasteiger charge is 2.19. The number of para-hydroxylation sites is 1. The van der Waals surface area contributed by atoms with Gasteiger partial charge in [0, 0.05) is 16.9 Å². The highest BCUT2D eigenvalue weighted by atomic mass is 32.2. The number of thioether (sulfide) groups is 1. The molecule has 2 atom stereocenters. The van der Waals surface area contributed by atoms with Crippen LogP contribution in [0.25, 0.3) is 0 Å². The first-order chi connectivity index (χ1) is 8.69. The fourth-order valence-electron chi connectivity index (χ4n) is 2.11. The molecule has 98 valence electrons.